The van der Waals surface area contributed by atoms with E-state index in [4.69, 9.17) is 4.74 Å². The highest BCUT2D eigenvalue weighted by Crippen LogP contribution is 2.24. The minimum Gasteiger partial charge on any atom is -0.383 e. The number of benzene rings is 1. The third kappa shape index (κ3) is 3.32. The molecule has 0 aliphatic heterocycles. The largest absolute Gasteiger partial charge is 0.383 e. The summed E-state index contributed by atoms with van der Waals surface area (Å²) in [5.41, 5.74) is 1.67. The third-order valence-electron chi connectivity index (χ3n) is 2.38. The maximum Gasteiger partial charge on any atom is 0.161 e. The van der Waals surface area contributed by atoms with Gasteiger partial charge in [0.05, 0.1) is 6.61 Å². The molecular weight excluding hydrogens is 270 g/mol. The number of hydrogen-bond acceptors (Lipinski definition) is 3. The first kappa shape index (κ1) is 13.2. The number of anilines is 1. The number of nitrogens with zero attached hydrogens (tertiary/aromatic N) is 1. The molecule has 1 rings (SSSR count). The van der Waals surface area contributed by atoms with Crippen molar-refractivity contribution in [1.29, 1.82) is 0 Å². The molecule has 0 amide bonds. The molecule has 0 unspecified atom stereocenters. The topological polar surface area (TPSA) is 29.5 Å². The second-order valence-electron chi connectivity index (χ2n) is 3.63. The summed E-state index contributed by atoms with van der Waals surface area (Å²) < 4.78 is 6.00. The molecule has 0 aliphatic rings. The molecule has 0 heterocycles. The first-order valence-corrected chi connectivity index (χ1v) is 5.86. The van der Waals surface area contributed by atoms with Gasteiger partial charge in [-0.2, -0.15) is 0 Å². The maximum absolute atomic E-state index is 11.5. The van der Waals surface area contributed by atoms with Gasteiger partial charge >= 0.3 is 0 Å². The van der Waals surface area contributed by atoms with E-state index in [9.17, 15) is 4.79 Å². The van der Waals surface area contributed by atoms with Crippen molar-refractivity contribution in [2.24, 2.45) is 0 Å². The summed E-state index contributed by atoms with van der Waals surface area (Å²) in [5, 5.41) is 0. The number of carbonyl (C=O) groups is 1. The molecule has 0 radical (unpaired) electrons. The zero-order valence-corrected chi connectivity index (χ0v) is 11.4. The van der Waals surface area contributed by atoms with Crippen LogP contribution in [-0.2, 0) is 4.74 Å². The van der Waals surface area contributed by atoms with Gasteiger partial charge in [-0.15, -0.1) is 0 Å². The van der Waals surface area contributed by atoms with E-state index in [-0.39, 0.29) is 5.78 Å². The van der Waals surface area contributed by atoms with Gasteiger partial charge in [0.1, 0.15) is 0 Å². The van der Waals surface area contributed by atoms with E-state index in [1.165, 1.54) is 0 Å². The predicted octanol–water partition coefficient (Wildman–Crippen LogP) is 2.73. The standard InChI is InChI=1S/C12H16BrNO2/c1-9(15)11-5-4-10(13)8-12(11)14(2)6-7-16-3/h4-5,8H,6-7H2,1-3H3. The molecule has 0 saturated carbocycles. The summed E-state index contributed by atoms with van der Waals surface area (Å²) in [6.45, 7) is 2.98. The van der Waals surface area contributed by atoms with Crippen LogP contribution in [-0.4, -0.2) is 33.1 Å². The molecule has 4 heteroatoms. The molecule has 0 saturated heterocycles. The summed E-state index contributed by atoms with van der Waals surface area (Å²) >= 11 is 3.41. The van der Waals surface area contributed by atoms with Crippen molar-refractivity contribution >= 4 is 27.4 Å². The summed E-state index contributed by atoms with van der Waals surface area (Å²) in [7, 11) is 3.62. The van der Waals surface area contributed by atoms with Crippen molar-refractivity contribution in [1.82, 2.24) is 0 Å². The second-order valence-corrected chi connectivity index (χ2v) is 4.55. The highest BCUT2D eigenvalue weighted by atomic mass is 79.9. The van der Waals surface area contributed by atoms with E-state index in [1.54, 1.807) is 14.0 Å². The van der Waals surface area contributed by atoms with Crippen molar-refractivity contribution in [3.63, 3.8) is 0 Å². The number of methoxy groups -OCH3 is 1. The average molecular weight is 286 g/mol. The normalized spacial score (nSPS) is 10.2. The lowest BCUT2D eigenvalue weighted by atomic mass is 10.1. The fourth-order valence-electron chi connectivity index (χ4n) is 1.47. The van der Waals surface area contributed by atoms with Crippen LogP contribution in [0.2, 0.25) is 0 Å². The Labute approximate surface area is 105 Å². The number of hydrogen-bond donors (Lipinski definition) is 0. The van der Waals surface area contributed by atoms with Gasteiger partial charge in [0, 0.05) is 36.4 Å². The van der Waals surface area contributed by atoms with Gasteiger partial charge < -0.3 is 9.64 Å². The Kier molecular flexibility index (Phi) is 4.96. The molecule has 16 heavy (non-hydrogen) atoms. The molecule has 1 aromatic rings. The van der Waals surface area contributed by atoms with Gasteiger partial charge in [-0.1, -0.05) is 15.9 Å². The first-order chi connectivity index (χ1) is 7.56. The molecule has 1 aromatic carbocycles. The van der Waals surface area contributed by atoms with E-state index in [2.05, 4.69) is 15.9 Å². The number of halogens is 1. The molecule has 0 bridgehead atoms. The second kappa shape index (κ2) is 6.01. The Morgan fingerprint density at radius 1 is 1.50 bits per heavy atom. The number of ether oxygens (including phenoxy) is 1. The van der Waals surface area contributed by atoms with Gasteiger partial charge in [-0.3, -0.25) is 4.79 Å². The van der Waals surface area contributed by atoms with Gasteiger partial charge in [0.15, 0.2) is 5.78 Å². The van der Waals surface area contributed by atoms with Crippen LogP contribution in [0.4, 0.5) is 5.69 Å². The quantitative estimate of drug-likeness (QED) is 0.779. The van der Waals surface area contributed by atoms with Crippen LogP contribution in [0.25, 0.3) is 0 Å². The smallest absolute Gasteiger partial charge is 0.161 e. The number of carbonyl (C=O) groups excluding carboxylic acids is 1. The predicted molar refractivity (Wildman–Crippen MR) is 69.3 cm³/mol. The monoisotopic (exact) mass is 285 g/mol. The molecule has 0 aliphatic carbocycles. The number of rotatable bonds is 5. The van der Waals surface area contributed by atoms with E-state index in [1.807, 2.05) is 30.1 Å². The Bertz CT molecular complexity index is 379. The number of likely N-dealkylation sites (N-methyl/N-ethyl adjacent to an activating group) is 1. The minimum absolute atomic E-state index is 0.0757. The fraction of sp³-hybridized carbons (Fsp3) is 0.417. The van der Waals surface area contributed by atoms with Gasteiger partial charge in [-0.05, 0) is 25.1 Å². The number of Topliss-reactive ketones (excluding diaryl/α,β-unsaturated/α-hetero) is 1. The molecule has 0 aromatic heterocycles. The average Bonchev–Trinajstić information content (AvgIpc) is 2.25. The lowest BCUT2D eigenvalue weighted by Gasteiger charge is -2.21. The summed E-state index contributed by atoms with van der Waals surface area (Å²) in [6, 6.07) is 5.67. The Morgan fingerprint density at radius 3 is 2.75 bits per heavy atom. The molecule has 3 nitrogen and oxygen atoms in total. The van der Waals surface area contributed by atoms with E-state index < -0.39 is 0 Å². The molecular formula is C12H16BrNO2. The van der Waals surface area contributed by atoms with Gasteiger partial charge in [-0.25, -0.2) is 0 Å². The summed E-state index contributed by atoms with van der Waals surface area (Å²) in [5.74, 6) is 0.0757. The van der Waals surface area contributed by atoms with E-state index in [0.29, 0.717) is 6.61 Å². The number of ketones is 1. The maximum atomic E-state index is 11.5. The Hall–Kier alpha value is -0.870. The van der Waals surface area contributed by atoms with Crippen LogP contribution >= 0.6 is 15.9 Å². The molecule has 0 spiro atoms. The Morgan fingerprint density at radius 2 is 2.19 bits per heavy atom. The zero-order valence-electron chi connectivity index (χ0n) is 9.79. The van der Waals surface area contributed by atoms with E-state index in [0.717, 1.165) is 22.3 Å². The highest BCUT2D eigenvalue weighted by Gasteiger charge is 2.11. The van der Waals surface area contributed by atoms with Crippen LogP contribution in [0.15, 0.2) is 22.7 Å². The first-order valence-electron chi connectivity index (χ1n) is 5.07. The van der Waals surface area contributed by atoms with Gasteiger partial charge in [0.2, 0.25) is 0 Å². The Balaban J connectivity index is 2.99. The van der Waals surface area contributed by atoms with Crippen LogP contribution in [0.5, 0.6) is 0 Å². The molecule has 88 valence electrons. The van der Waals surface area contributed by atoms with Crippen molar-refractivity contribution in [3.05, 3.63) is 28.2 Å². The lowest BCUT2D eigenvalue weighted by Crippen LogP contribution is -2.23. The van der Waals surface area contributed by atoms with Crippen LogP contribution in [0.1, 0.15) is 17.3 Å². The minimum atomic E-state index is 0.0757. The molecule has 0 N–H and O–H groups in total. The van der Waals surface area contributed by atoms with Crippen molar-refractivity contribution in [3.8, 4) is 0 Å². The van der Waals surface area contributed by atoms with Gasteiger partial charge in [0.25, 0.3) is 0 Å². The van der Waals surface area contributed by atoms with Crippen LogP contribution < -0.4 is 4.90 Å². The summed E-state index contributed by atoms with van der Waals surface area (Å²) in [6.07, 6.45) is 0. The van der Waals surface area contributed by atoms with Crippen molar-refractivity contribution in [2.45, 2.75) is 6.92 Å². The van der Waals surface area contributed by atoms with Crippen molar-refractivity contribution < 1.29 is 9.53 Å². The molecule has 0 atom stereocenters. The van der Waals surface area contributed by atoms with Crippen molar-refractivity contribution in [2.75, 3.05) is 32.2 Å². The fourth-order valence-corrected chi connectivity index (χ4v) is 1.82. The zero-order chi connectivity index (χ0) is 12.1. The van der Waals surface area contributed by atoms with E-state index >= 15 is 0 Å². The SMILES string of the molecule is COCCN(C)c1cc(Br)ccc1C(C)=O. The van der Waals surface area contributed by atoms with Crippen LogP contribution in [0, 0.1) is 0 Å². The highest BCUT2D eigenvalue weighted by molar-refractivity contribution is 9.10. The third-order valence-corrected chi connectivity index (χ3v) is 2.87. The molecule has 0 fully saturated rings. The lowest BCUT2D eigenvalue weighted by molar-refractivity contribution is 0.101. The summed E-state index contributed by atoms with van der Waals surface area (Å²) in [4.78, 5) is 13.5. The van der Waals surface area contributed by atoms with Crippen LogP contribution in [0.3, 0.4) is 0 Å².